The van der Waals surface area contributed by atoms with Crippen molar-refractivity contribution in [2.45, 2.75) is 0 Å². The van der Waals surface area contributed by atoms with Gasteiger partial charge in [-0.05, 0) is 36.4 Å². The van der Waals surface area contributed by atoms with Crippen LogP contribution in [0.2, 0.25) is 5.02 Å². The second kappa shape index (κ2) is 10.7. The van der Waals surface area contributed by atoms with Crippen LogP contribution in [-0.2, 0) is 0 Å². The highest BCUT2D eigenvalue weighted by Gasteiger charge is 2.29. The number of aromatic nitrogens is 2. The van der Waals surface area contributed by atoms with Crippen molar-refractivity contribution in [3.05, 3.63) is 155 Å². The van der Waals surface area contributed by atoms with Gasteiger partial charge < -0.3 is 5.32 Å². The van der Waals surface area contributed by atoms with Crippen molar-refractivity contribution in [3.63, 3.8) is 0 Å². The minimum atomic E-state index is -2.73. The van der Waals surface area contributed by atoms with Crippen LogP contribution in [0.3, 0.4) is 0 Å². The first-order valence-corrected chi connectivity index (χ1v) is 14.6. The fourth-order valence-corrected chi connectivity index (χ4v) is 8.19. The van der Waals surface area contributed by atoms with Gasteiger partial charge in [-0.2, -0.15) is 9.53 Å². The molecule has 0 atom stereocenters. The molecule has 5 aromatic carbocycles. The van der Waals surface area contributed by atoms with Gasteiger partial charge in [0.2, 0.25) is 5.95 Å². The molecule has 7 heteroatoms. The second-order valence-electron chi connectivity index (χ2n) is 8.93. The molecule has 39 heavy (non-hydrogen) atoms. The van der Waals surface area contributed by atoms with Gasteiger partial charge in [0, 0.05) is 26.6 Å². The number of rotatable bonds is 6. The molecule has 5 nitrogen and oxygen atoms in total. The number of anilines is 2. The van der Waals surface area contributed by atoms with Crippen molar-refractivity contribution >= 4 is 57.1 Å². The monoisotopic (exact) mass is 546 g/mol. The molecule has 0 fully saturated rings. The van der Waals surface area contributed by atoms with E-state index in [9.17, 15) is 4.79 Å². The summed E-state index contributed by atoms with van der Waals surface area (Å²) in [5, 5.41) is 7.53. The van der Waals surface area contributed by atoms with E-state index in [2.05, 4.69) is 41.7 Å². The predicted molar refractivity (Wildman–Crippen MR) is 164 cm³/mol. The van der Waals surface area contributed by atoms with Crippen LogP contribution in [0.4, 0.5) is 11.6 Å². The van der Waals surface area contributed by atoms with Crippen LogP contribution in [0, 0.1) is 0 Å². The third kappa shape index (κ3) is 4.79. The van der Waals surface area contributed by atoms with Gasteiger partial charge >= 0.3 is 0 Å². The second-order valence-corrected chi connectivity index (χ2v) is 12.4. The molecule has 0 spiro atoms. The lowest BCUT2D eigenvalue weighted by molar-refractivity contribution is 0.838. The van der Waals surface area contributed by atoms with Gasteiger partial charge in [-0.25, -0.2) is 4.98 Å². The van der Waals surface area contributed by atoms with E-state index in [1.807, 2.05) is 84.9 Å². The SMILES string of the molecule is O=c1c2ccccc2nc(Nc2ccc(Cl)cc2)n1N=P(c1ccccc1)(c1ccccc1)c1ccccc1. The molecule has 0 bridgehead atoms. The molecule has 0 unspecified atom stereocenters. The zero-order valence-electron chi connectivity index (χ0n) is 20.9. The number of hydrogen-bond acceptors (Lipinski definition) is 4. The maximum Gasteiger partial charge on any atom is 0.283 e. The Balaban J connectivity index is 1.74. The summed E-state index contributed by atoms with van der Waals surface area (Å²) in [6, 6.07) is 45.2. The molecule has 0 saturated carbocycles. The molecule has 0 radical (unpaired) electrons. The lowest BCUT2D eigenvalue weighted by Gasteiger charge is -2.27. The normalized spacial score (nSPS) is 11.3. The average Bonchev–Trinajstić information content (AvgIpc) is 3.00. The Kier molecular flexibility index (Phi) is 6.85. The highest BCUT2D eigenvalue weighted by molar-refractivity contribution is 7.87. The minimum absolute atomic E-state index is 0.246. The van der Waals surface area contributed by atoms with Gasteiger partial charge in [-0.3, -0.25) is 4.79 Å². The topological polar surface area (TPSA) is 59.3 Å². The molecular formula is C32H24ClN4OP. The Bertz CT molecular complexity index is 1750. The first kappa shape index (κ1) is 24.9. The summed E-state index contributed by atoms with van der Waals surface area (Å²) >= 11 is 6.13. The molecule has 6 rings (SSSR count). The Labute approximate surface area is 231 Å². The van der Waals surface area contributed by atoms with E-state index < -0.39 is 7.05 Å². The third-order valence-corrected chi connectivity index (χ3v) is 10.3. The van der Waals surface area contributed by atoms with Gasteiger partial charge in [0.05, 0.1) is 18.0 Å². The summed E-state index contributed by atoms with van der Waals surface area (Å²) in [4.78, 5) is 24.4. The maximum atomic E-state index is 14.2. The average molecular weight is 547 g/mol. The molecule has 6 aromatic rings. The van der Waals surface area contributed by atoms with Crippen molar-refractivity contribution in [1.29, 1.82) is 0 Å². The molecule has 190 valence electrons. The standard InChI is InChI=1S/C32H24ClN4OP/c33-24-20-22-25(23-21-24)34-32-35-30-19-11-10-18-29(30)31(38)37(32)36-39(26-12-4-1-5-13-26,27-14-6-2-7-15-27)28-16-8-3-9-17-28/h1-23H,(H,34,35). The summed E-state index contributed by atoms with van der Waals surface area (Å²) < 4.78 is 1.44. The van der Waals surface area contributed by atoms with E-state index >= 15 is 0 Å². The number of fused-ring (bicyclic) bond motifs is 1. The van der Waals surface area contributed by atoms with Crippen molar-refractivity contribution in [2.75, 3.05) is 5.32 Å². The summed E-state index contributed by atoms with van der Waals surface area (Å²) in [6.45, 7) is 0. The number of nitrogens with one attached hydrogen (secondary N) is 1. The highest BCUT2D eigenvalue weighted by Crippen LogP contribution is 2.46. The Hall–Kier alpha value is -4.44. The van der Waals surface area contributed by atoms with Crippen LogP contribution in [0.15, 0.2) is 149 Å². The van der Waals surface area contributed by atoms with E-state index in [0.717, 1.165) is 21.6 Å². The van der Waals surface area contributed by atoms with Crippen molar-refractivity contribution < 1.29 is 0 Å². The Morgan fingerprint density at radius 1 is 0.641 bits per heavy atom. The molecule has 0 amide bonds. The molecule has 0 aliphatic heterocycles. The largest absolute Gasteiger partial charge is 0.324 e. The Morgan fingerprint density at radius 3 is 1.67 bits per heavy atom. The number of benzene rings is 5. The summed E-state index contributed by atoms with van der Waals surface area (Å²) in [5.74, 6) is 0.327. The zero-order chi connectivity index (χ0) is 26.7. The summed E-state index contributed by atoms with van der Waals surface area (Å²) in [5.41, 5.74) is 1.09. The van der Waals surface area contributed by atoms with Crippen LogP contribution in [-0.4, -0.2) is 9.66 Å². The maximum absolute atomic E-state index is 14.2. The summed E-state index contributed by atoms with van der Waals surface area (Å²) in [6.07, 6.45) is 0. The van der Waals surface area contributed by atoms with E-state index in [1.165, 1.54) is 4.68 Å². The third-order valence-electron chi connectivity index (χ3n) is 6.47. The van der Waals surface area contributed by atoms with E-state index in [-0.39, 0.29) is 5.56 Å². The highest BCUT2D eigenvalue weighted by atomic mass is 35.5. The van der Waals surface area contributed by atoms with E-state index in [1.54, 1.807) is 18.2 Å². The van der Waals surface area contributed by atoms with Crippen LogP contribution in [0.5, 0.6) is 0 Å². The predicted octanol–water partition coefficient (Wildman–Crippen LogP) is 6.73. The molecule has 1 heterocycles. The molecule has 0 aliphatic rings. The molecule has 0 aliphatic carbocycles. The van der Waals surface area contributed by atoms with Gasteiger partial charge in [0.15, 0.2) is 0 Å². The number of halogens is 1. The van der Waals surface area contributed by atoms with Crippen molar-refractivity contribution in [1.82, 2.24) is 9.66 Å². The lowest BCUT2D eigenvalue weighted by Crippen LogP contribution is -2.29. The minimum Gasteiger partial charge on any atom is -0.324 e. The first-order valence-electron chi connectivity index (χ1n) is 12.5. The molecule has 1 aromatic heterocycles. The number of para-hydroxylation sites is 1. The fourth-order valence-electron chi connectivity index (χ4n) is 4.62. The van der Waals surface area contributed by atoms with Crippen molar-refractivity contribution in [2.24, 2.45) is 4.85 Å². The van der Waals surface area contributed by atoms with Crippen LogP contribution >= 0.6 is 18.7 Å². The van der Waals surface area contributed by atoms with E-state index in [0.29, 0.717) is 21.9 Å². The van der Waals surface area contributed by atoms with Gasteiger partial charge in [0.1, 0.15) is 0 Å². The van der Waals surface area contributed by atoms with E-state index in [4.69, 9.17) is 21.4 Å². The lowest BCUT2D eigenvalue weighted by atomic mass is 10.2. The summed E-state index contributed by atoms with van der Waals surface area (Å²) in [7, 11) is -2.73. The van der Waals surface area contributed by atoms with Gasteiger partial charge in [-0.1, -0.05) is 115 Å². The van der Waals surface area contributed by atoms with Gasteiger partial charge in [0.25, 0.3) is 5.56 Å². The molecule has 1 N–H and O–H groups in total. The molecule has 0 saturated heterocycles. The first-order chi connectivity index (χ1) is 19.1. The zero-order valence-corrected chi connectivity index (χ0v) is 22.5. The van der Waals surface area contributed by atoms with Crippen LogP contribution in [0.1, 0.15) is 0 Å². The van der Waals surface area contributed by atoms with Crippen LogP contribution < -0.4 is 26.8 Å². The fraction of sp³-hybridized carbons (Fsp3) is 0. The van der Waals surface area contributed by atoms with Gasteiger partial charge in [-0.15, -0.1) is 0 Å². The smallest absolute Gasteiger partial charge is 0.283 e. The Morgan fingerprint density at radius 2 is 1.13 bits per heavy atom. The number of hydrogen-bond donors (Lipinski definition) is 1. The number of nitrogens with zero attached hydrogens (tertiary/aromatic N) is 3. The van der Waals surface area contributed by atoms with Crippen LogP contribution in [0.25, 0.3) is 10.9 Å². The quantitative estimate of drug-likeness (QED) is 0.236. The van der Waals surface area contributed by atoms with Crippen molar-refractivity contribution in [3.8, 4) is 0 Å². The molecular weight excluding hydrogens is 523 g/mol.